The lowest BCUT2D eigenvalue weighted by Crippen LogP contribution is -2.03. The highest BCUT2D eigenvalue weighted by molar-refractivity contribution is 6.30. The Kier molecular flexibility index (Phi) is 6.32. The number of carbonyl (C=O) groups excluding carboxylic acids is 1. The van der Waals surface area contributed by atoms with Gasteiger partial charge in [-0.2, -0.15) is 0 Å². The molecule has 0 radical (unpaired) electrons. The van der Waals surface area contributed by atoms with Gasteiger partial charge < -0.3 is 10.1 Å². The first-order chi connectivity index (χ1) is 13.6. The number of ether oxygens (including phenoxy) is 1. The number of nitrogens with zero attached hydrogens (tertiary/aromatic N) is 2. The maximum atomic E-state index is 11.8. The van der Waals surface area contributed by atoms with Crippen LogP contribution in [0.4, 0.5) is 11.5 Å². The predicted molar refractivity (Wildman–Crippen MR) is 118 cm³/mol. The zero-order valence-corrected chi connectivity index (χ0v) is 17.0. The summed E-state index contributed by atoms with van der Waals surface area (Å²) in [5, 5.41) is 4.84. The molecule has 146 valence electrons. The summed E-state index contributed by atoms with van der Waals surface area (Å²) in [6.45, 7) is 0. The molecule has 0 saturated carbocycles. The van der Waals surface area contributed by atoms with Gasteiger partial charge in [-0.1, -0.05) is 29.8 Å². The van der Waals surface area contributed by atoms with E-state index in [1.165, 1.54) is 7.11 Å². The van der Waals surface area contributed by atoms with E-state index >= 15 is 0 Å². The summed E-state index contributed by atoms with van der Waals surface area (Å²) in [5.41, 5.74) is 2.87. The van der Waals surface area contributed by atoms with Gasteiger partial charge >= 0.3 is 5.97 Å². The van der Waals surface area contributed by atoms with E-state index in [1.807, 2.05) is 54.6 Å². The first kappa shape index (κ1) is 20.6. The molecule has 1 aromatic heterocycles. The smallest absolute Gasteiger partial charge is 0.337 e. The molecule has 0 bridgehead atoms. The first-order valence-corrected chi connectivity index (χ1v) is 9.00. The van der Waals surface area contributed by atoms with E-state index in [0.29, 0.717) is 22.2 Å². The van der Waals surface area contributed by atoms with E-state index in [-0.39, 0.29) is 12.4 Å². The van der Waals surface area contributed by atoms with Gasteiger partial charge in [0.2, 0.25) is 0 Å². The summed E-state index contributed by atoms with van der Waals surface area (Å²) >= 11 is 5.99. The lowest BCUT2D eigenvalue weighted by Gasteiger charge is -2.12. The Morgan fingerprint density at radius 3 is 2.48 bits per heavy atom. The third-order valence-corrected chi connectivity index (χ3v) is 4.50. The van der Waals surface area contributed by atoms with Crippen LogP contribution in [-0.2, 0) is 4.74 Å². The number of hydrogen-bond donors (Lipinski definition) is 1. The van der Waals surface area contributed by atoms with E-state index < -0.39 is 5.97 Å². The maximum absolute atomic E-state index is 11.8. The van der Waals surface area contributed by atoms with Crippen molar-refractivity contribution in [2.24, 2.45) is 0 Å². The summed E-state index contributed by atoms with van der Waals surface area (Å²) in [6, 6.07) is 22.2. The highest BCUT2D eigenvalue weighted by Crippen LogP contribution is 2.28. The number of anilines is 2. The van der Waals surface area contributed by atoms with E-state index in [2.05, 4.69) is 10.3 Å². The van der Waals surface area contributed by atoms with Crippen molar-refractivity contribution in [2.45, 2.75) is 0 Å². The molecular formula is C22H17Cl2N3O2. The monoisotopic (exact) mass is 425 g/mol. The highest BCUT2D eigenvalue weighted by atomic mass is 35.5. The number of benzene rings is 3. The Morgan fingerprint density at radius 1 is 0.966 bits per heavy atom. The van der Waals surface area contributed by atoms with Crippen molar-refractivity contribution in [3.05, 3.63) is 83.4 Å². The van der Waals surface area contributed by atoms with Crippen molar-refractivity contribution >= 4 is 52.4 Å². The van der Waals surface area contributed by atoms with Gasteiger partial charge in [-0.15, -0.1) is 12.4 Å². The Bertz CT molecular complexity index is 1160. The Labute approximate surface area is 179 Å². The van der Waals surface area contributed by atoms with Crippen molar-refractivity contribution in [1.82, 2.24) is 9.97 Å². The van der Waals surface area contributed by atoms with Gasteiger partial charge in [-0.3, -0.25) is 0 Å². The van der Waals surface area contributed by atoms with Crippen LogP contribution in [0.25, 0.3) is 22.3 Å². The fourth-order valence-corrected chi connectivity index (χ4v) is 3.00. The number of nitrogens with one attached hydrogen (secondary N) is 1. The Morgan fingerprint density at radius 2 is 1.72 bits per heavy atom. The molecule has 0 aliphatic rings. The number of rotatable bonds is 4. The molecule has 3 aromatic carbocycles. The van der Waals surface area contributed by atoms with Crippen LogP contribution in [0.15, 0.2) is 72.8 Å². The van der Waals surface area contributed by atoms with Crippen molar-refractivity contribution < 1.29 is 9.53 Å². The lowest BCUT2D eigenvalue weighted by molar-refractivity contribution is 0.0601. The number of hydrogen-bond acceptors (Lipinski definition) is 5. The van der Waals surface area contributed by atoms with Crippen molar-refractivity contribution in [3.8, 4) is 11.4 Å². The second kappa shape index (κ2) is 8.90. The van der Waals surface area contributed by atoms with Crippen LogP contribution in [0.2, 0.25) is 5.02 Å². The SMILES string of the molecule is COC(=O)c1cccc(Nc2nc(-c3ccc(Cl)cc3)nc3ccccc23)c1.Cl. The topological polar surface area (TPSA) is 64.1 Å². The molecule has 5 nitrogen and oxygen atoms in total. The van der Waals surface area contributed by atoms with Crippen LogP contribution >= 0.6 is 24.0 Å². The van der Waals surface area contributed by atoms with Gasteiger partial charge in [-0.05, 0) is 54.6 Å². The molecule has 0 amide bonds. The third-order valence-electron chi connectivity index (χ3n) is 4.25. The zero-order chi connectivity index (χ0) is 19.5. The lowest BCUT2D eigenvalue weighted by atomic mass is 10.1. The van der Waals surface area contributed by atoms with Gasteiger partial charge in [0.15, 0.2) is 5.82 Å². The summed E-state index contributed by atoms with van der Waals surface area (Å²) in [6.07, 6.45) is 0. The number of aromatic nitrogens is 2. The standard InChI is InChI=1S/C22H16ClN3O2.ClH/c1-28-22(27)15-5-4-6-17(13-15)24-21-18-7-2-3-8-19(18)25-20(26-21)14-9-11-16(23)12-10-14;/h2-13H,1H3,(H,24,25,26);1H. The molecule has 0 fully saturated rings. The second-order valence-corrected chi connectivity index (χ2v) is 6.55. The third kappa shape index (κ3) is 4.47. The highest BCUT2D eigenvalue weighted by Gasteiger charge is 2.11. The molecule has 0 spiro atoms. The predicted octanol–water partition coefficient (Wildman–Crippen LogP) is 5.90. The van der Waals surface area contributed by atoms with Crippen LogP contribution in [0.3, 0.4) is 0 Å². The van der Waals surface area contributed by atoms with Crippen LogP contribution in [0, 0.1) is 0 Å². The van der Waals surface area contributed by atoms with E-state index in [0.717, 1.165) is 22.2 Å². The molecule has 0 aliphatic carbocycles. The van der Waals surface area contributed by atoms with Gasteiger partial charge in [0.25, 0.3) is 0 Å². The molecule has 4 aromatic rings. The number of halogens is 2. The van der Waals surface area contributed by atoms with Gasteiger partial charge in [0.1, 0.15) is 5.82 Å². The van der Waals surface area contributed by atoms with Crippen molar-refractivity contribution in [1.29, 1.82) is 0 Å². The molecule has 0 saturated heterocycles. The molecule has 1 N–H and O–H groups in total. The quantitative estimate of drug-likeness (QED) is 0.412. The first-order valence-electron chi connectivity index (χ1n) is 8.62. The minimum Gasteiger partial charge on any atom is -0.465 e. The number of carbonyl (C=O) groups is 1. The number of fused-ring (bicyclic) bond motifs is 1. The normalized spacial score (nSPS) is 10.3. The van der Waals surface area contributed by atoms with Gasteiger partial charge in [-0.25, -0.2) is 14.8 Å². The minimum atomic E-state index is -0.391. The zero-order valence-electron chi connectivity index (χ0n) is 15.4. The molecule has 0 unspecified atom stereocenters. The average Bonchev–Trinajstić information content (AvgIpc) is 2.74. The van der Waals surface area contributed by atoms with Crippen molar-refractivity contribution in [3.63, 3.8) is 0 Å². The fourth-order valence-electron chi connectivity index (χ4n) is 2.88. The second-order valence-electron chi connectivity index (χ2n) is 6.12. The summed E-state index contributed by atoms with van der Waals surface area (Å²) < 4.78 is 4.80. The van der Waals surface area contributed by atoms with Crippen LogP contribution in [-0.4, -0.2) is 23.0 Å². The number of esters is 1. The van der Waals surface area contributed by atoms with Gasteiger partial charge in [0, 0.05) is 21.7 Å². The van der Waals surface area contributed by atoms with Crippen molar-refractivity contribution in [2.75, 3.05) is 12.4 Å². The minimum absolute atomic E-state index is 0. The summed E-state index contributed by atoms with van der Waals surface area (Å²) in [7, 11) is 1.36. The fraction of sp³-hybridized carbons (Fsp3) is 0.0455. The maximum Gasteiger partial charge on any atom is 0.337 e. The number of methoxy groups -OCH3 is 1. The van der Waals surface area contributed by atoms with E-state index in [9.17, 15) is 4.79 Å². The summed E-state index contributed by atoms with van der Waals surface area (Å²) in [4.78, 5) is 21.2. The van der Waals surface area contributed by atoms with Crippen LogP contribution in [0.5, 0.6) is 0 Å². The molecule has 7 heteroatoms. The molecule has 4 rings (SSSR count). The molecule has 1 heterocycles. The van der Waals surface area contributed by atoms with Gasteiger partial charge in [0.05, 0.1) is 18.2 Å². The Balaban J connectivity index is 0.00000240. The largest absolute Gasteiger partial charge is 0.465 e. The van der Waals surface area contributed by atoms with Crippen LogP contribution < -0.4 is 5.32 Å². The molecule has 0 aliphatic heterocycles. The molecular weight excluding hydrogens is 409 g/mol. The Hall–Kier alpha value is -3.15. The van der Waals surface area contributed by atoms with E-state index in [1.54, 1.807) is 18.2 Å². The molecule has 29 heavy (non-hydrogen) atoms. The number of para-hydroxylation sites is 1. The van der Waals surface area contributed by atoms with E-state index in [4.69, 9.17) is 21.3 Å². The summed E-state index contributed by atoms with van der Waals surface area (Å²) in [5.74, 6) is 0.845. The molecule has 0 atom stereocenters. The average molecular weight is 426 g/mol. The van der Waals surface area contributed by atoms with Crippen LogP contribution in [0.1, 0.15) is 10.4 Å².